The van der Waals surface area contributed by atoms with E-state index in [1.807, 2.05) is 24.3 Å². The van der Waals surface area contributed by atoms with Crippen molar-refractivity contribution < 1.29 is 4.74 Å². The molecule has 0 aliphatic heterocycles. The standard InChI is InChI=1S/C12H17NOS/c1-3-8-13-9-10-15-12-7-5-4-6-11(12)14-2/h3-7,13H,1,8-10H2,2H3. The fourth-order valence-corrected chi connectivity index (χ4v) is 2.11. The van der Waals surface area contributed by atoms with Gasteiger partial charge in [0.15, 0.2) is 0 Å². The lowest BCUT2D eigenvalue weighted by molar-refractivity contribution is 0.405. The van der Waals surface area contributed by atoms with E-state index in [0.717, 1.165) is 24.6 Å². The van der Waals surface area contributed by atoms with E-state index in [1.165, 1.54) is 4.90 Å². The van der Waals surface area contributed by atoms with E-state index >= 15 is 0 Å². The molecule has 82 valence electrons. The Morgan fingerprint density at radius 2 is 2.27 bits per heavy atom. The Morgan fingerprint density at radius 3 is 3.00 bits per heavy atom. The highest BCUT2D eigenvalue weighted by atomic mass is 32.2. The summed E-state index contributed by atoms with van der Waals surface area (Å²) in [5, 5.41) is 3.26. The van der Waals surface area contributed by atoms with E-state index in [4.69, 9.17) is 4.74 Å². The van der Waals surface area contributed by atoms with Crippen LogP contribution in [-0.4, -0.2) is 26.0 Å². The lowest BCUT2D eigenvalue weighted by Crippen LogP contribution is -2.16. The maximum Gasteiger partial charge on any atom is 0.132 e. The Morgan fingerprint density at radius 1 is 1.47 bits per heavy atom. The molecule has 0 unspecified atom stereocenters. The lowest BCUT2D eigenvalue weighted by Gasteiger charge is -2.07. The molecule has 0 amide bonds. The molecule has 0 heterocycles. The van der Waals surface area contributed by atoms with Gasteiger partial charge < -0.3 is 10.1 Å². The summed E-state index contributed by atoms with van der Waals surface area (Å²) in [6, 6.07) is 8.08. The van der Waals surface area contributed by atoms with Crippen LogP contribution in [0.25, 0.3) is 0 Å². The highest BCUT2D eigenvalue weighted by molar-refractivity contribution is 7.99. The molecule has 0 fully saturated rings. The zero-order chi connectivity index (χ0) is 10.9. The van der Waals surface area contributed by atoms with Gasteiger partial charge in [0.05, 0.1) is 7.11 Å². The van der Waals surface area contributed by atoms with Crippen LogP contribution in [0.2, 0.25) is 0 Å². The average molecular weight is 223 g/mol. The van der Waals surface area contributed by atoms with Crippen LogP contribution in [0.4, 0.5) is 0 Å². The number of benzene rings is 1. The van der Waals surface area contributed by atoms with Gasteiger partial charge in [-0.15, -0.1) is 18.3 Å². The van der Waals surface area contributed by atoms with Crippen LogP contribution in [0, 0.1) is 0 Å². The predicted molar refractivity (Wildman–Crippen MR) is 66.8 cm³/mol. The first kappa shape index (κ1) is 12.1. The molecular weight excluding hydrogens is 206 g/mol. The van der Waals surface area contributed by atoms with Crippen LogP contribution in [-0.2, 0) is 0 Å². The Bertz CT molecular complexity index is 301. The van der Waals surface area contributed by atoms with Gasteiger partial charge in [-0.3, -0.25) is 0 Å². The summed E-state index contributed by atoms with van der Waals surface area (Å²) in [6.07, 6.45) is 1.87. The van der Waals surface area contributed by atoms with E-state index in [-0.39, 0.29) is 0 Å². The smallest absolute Gasteiger partial charge is 0.132 e. The van der Waals surface area contributed by atoms with Crippen LogP contribution in [0.15, 0.2) is 41.8 Å². The minimum atomic E-state index is 0.868. The second kappa shape index (κ2) is 7.37. The van der Waals surface area contributed by atoms with Crippen molar-refractivity contribution in [1.82, 2.24) is 5.32 Å². The largest absolute Gasteiger partial charge is 0.496 e. The number of ether oxygens (including phenoxy) is 1. The molecule has 2 nitrogen and oxygen atoms in total. The molecule has 3 heteroatoms. The third-order valence-corrected chi connectivity index (χ3v) is 2.95. The van der Waals surface area contributed by atoms with Crippen LogP contribution in [0.1, 0.15) is 0 Å². The second-order valence-electron chi connectivity index (χ2n) is 2.99. The highest BCUT2D eigenvalue weighted by Crippen LogP contribution is 2.27. The van der Waals surface area contributed by atoms with Crippen molar-refractivity contribution in [2.24, 2.45) is 0 Å². The second-order valence-corrected chi connectivity index (χ2v) is 4.13. The van der Waals surface area contributed by atoms with Gasteiger partial charge in [-0.1, -0.05) is 18.2 Å². The van der Waals surface area contributed by atoms with Gasteiger partial charge in [0.25, 0.3) is 0 Å². The Balaban J connectivity index is 2.33. The van der Waals surface area contributed by atoms with E-state index in [9.17, 15) is 0 Å². The zero-order valence-corrected chi connectivity index (χ0v) is 9.85. The van der Waals surface area contributed by atoms with Crippen molar-refractivity contribution in [3.63, 3.8) is 0 Å². The third kappa shape index (κ3) is 4.40. The van der Waals surface area contributed by atoms with Gasteiger partial charge in [0.1, 0.15) is 5.75 Å². The third-order valence-electron chi connectivity index (χ3n) is 1.89. The van der Waals surface area contributed by atoms with Crippen LogP contribution in [0.5, 0.6) is 5.75 Å². The molecule has 0 radical (unpaired) electrons. The van der Waals surface area contributed by atoms with Gasteiger partial charge in [-0.05, 0) is 12.1 Å². The number of para-hydroxylation sites is 1. The summed E-state index contributed by atoms with van der Waals surface area (Å²) in [4.78, 5) is 1.19. The monoisotopic (exact) mass is 223 g/mol. The number of thioether (sulfide) groups is 1. The Hall–Kier alpha value is -0.930. The number of rotatable bonds is 7. The first-order valence-corrected chi connectivity index (χ1v) is 5.94. The van der Waals surface area contributed by atoms with E-state index < -0.39 is 0 Å². The first-order chi connectivity index (χ1) is 7.38. The topological polar surface area (TPSA) is 21.3 Å². The summed E-state index contributed by atoms with van der Waals surface area (Å²) >= 11 is 1.80. The maximum absolute atomic E-state index is 5.27. The molecule has 15 heavy (non-hydrogen) atoms. The number of hydrogen-bond acceptors (Lipinski definition) is 3. The molecule has 0 aromatic heterocycles. The molecule has 0 aliphatic rings. The first-order valence-electron chi connectivity index (χ1n) is 4.96. The molecule has 0 saturated carbocycles. The predicted octanol–water partition coefficient (Wildman–Crippen LogP) is 2.56. The number of hydrogen-bond donors (Lipinski definition) is 1. The minimum absolute atomic E-state index is 0.868. The van der Waals surface area contributed by atoms with Crippen molar-refractivity contribution >= 4 is 11.8 Å². The van der Waals surface area contributed by atoms with E-state index in [2.05, 4.69) is 18.0 Å². The van der Waals surface area contributed by atoms with E-state index in [1.54, 1.807) is 18.9 Å². The fourth-order valence-electron chi connectivity index (χ4n) is 1.18. The normalized spacial score (nSPS) is 9.93. The fraction of sp³-hybridized carbons (Fsp3) is 0.333. The number of methoxy groups -OCH3 is 1. The van der Waals surface area contributed by atoms with Crippen molar-refractivity contribution in [2.45, 2.75) is 4.90 Å². The summed E-state index contributed by atoms with van der Waals surface area (Å²) in [5.74, 6) is 1.99. The van der Waals surface area contributed by atoms with Crippen molar-refractivity contribution in [3.05, 3.63) is 36.9 Å². The summed E-state index contributed by atoms with van der Waals surface area (Å²) in [6.45, 7) is 5.50. The molecule has 0 aliphatic carbocycles. The highest BCUT2D eigenvalue weighted by Gasteiger charge is 2.00. The molecule has 0 bridgehead atoms. The van der Waals surface area contributed by atoms with Crippen molar-refractivity contribution in [3.8, 4) is 5.75 Å². The molecule has 1 rings (SSSR count). The van der Waals surface area contributed by atoms with Crippen LogP contribution < -0.4 is 10.1 Å². The molecule has 1 aromatic carbocycles. The van der Waals surface area contributed by atoms with Crippen LogP contribution in [0.3, 0.4) is 0 Å². The van der Waals surface area contributed by atoms with Crippen LogP contribution >= 0.6 is 11.8 Å². The quantitative estimate of drug-likeness (QED) is 0.436. The average Bonchev–Trinajstić information content (AvgIpc) is 2.29. The molecule has 0 spiro atoms. The van der Waals surface area contributed by atoms with Crippen molar-refractivity contribution in [2.75, 3.05) is 26.0 Å². The Labute approximate surface area is 95.7 Å². The number of nitrogens with one attached hydrogen (secondary N) is 1. The van der Waals surface area contributed by atoms with Crippen molar-refractivity contribution in [1.29, 1.82) is 0 Å². The molecular formula is C12H17NOS. The Kier molecular flexibility index (Phi) is 5.97. The van der Waals surface area contributed by atoms with Gasteiger partial charge in [-0.2, -0.15) is 0 Å². The summed E-state index contributed by atoms with van der Waals surface area (Å²) in [7, 11) is 1.70. The summed E-state index contributed by atoms with van der Waals surface area (Å²) < 4.78 is 5.27. The van der Waals surface area contributed by atoms with Gasteiger partial charge in [0, 0.05) is 23.7 Å². The van der Waals surface area contributed by atoms with Gasteiger partial charge in [0.2, 0.25) is 0 Å². The zero-order valence-electron chi connectivity index (χ0n) is 9.03. The maximum atomic E-state index is 5.27. The van der Waals surface area contributed by atoms with E-state index in [0.29, 0.717) is 0 Å². The van der Waals surface area contributed by atoms with Gasteiger partial charge >= 0.3 is 0 Å². The molecule has 1 N–H and O–H groups in total. The lowest BCUT2D eigenvalue weighted by atomic mass is 10.3. The molecule has 0 saturated heterocycles. The SMILES string of the molecule is C=CCNCCSc1ccccc1OC. The summed E-state index contributed by atoms with van der Waals surface area (Å²) in [5.41, 5.74) is 0. The minimum Gasteiger partial charge on any atom is -0.496 e. The molecule has 1 aromatic rings. The molecule has 0 atom stereocenters. The van der Waals surface area contributed by atoms with Gasteiger partial charge in [-0.25, -0.2) is 0 Å².